The predicted molar refractivity (Wildman–Crippen MR) is 111 cm³/mol. The number of nitrogens with zero attached hydrogens (tertiary/aromatic N) is 1. The summed E-state index contributed by atoms with van der Waals surface area (Å²) in [5.74, 6) is 2.61. The highest BCUT2D eigenvalue weighted by Crippen LogP contribution is 2.42. The van der Waals surface area contributed by atoms with Crippen LogP contribution in [0, 0.1) is 5.92 Å². The first-order chi connectivity index (χ1) is 12.9. The van der Waals surface area contributed by atoms with Crippen molar-refractivity contribution >= 4 is 11.3 Å². The molecule has 0 bridgehead atoms. The Bertz CT molecular complexity index is 740. The van der Waals surface area contributed by atoms with E-state index in [-0.39, 0.29) is 0 Å². The first-order valence-corrected chi connectivity index (χ1v) is 11.6. The van der Waals surface area contributed by atoms with Gasteiger partial charge in [-0.3, -0.25) is 0 Å². The van der Waals surface area contributed by atoms with E-state index in [1.165, 1.54) is 71.0 Å². The largest absolute Gasteiger partial charge is 0.303 e. The van der Waals surface area contributed by atoms with E-state index < -0.39 is 0 Å². The van der Waals surface area contributed by atoms with Gasteiger partial charge in [0, 0.05) is 4.88 Å². The van der Waals surface area contributed by atoms with Crippen LogP contribution < -0.4 is 0 Å². The number of benzene rings is 1. The molecule has 1 fully saturated rings. The van der Waals surface area contributed by atoms with Crippen LogP contribution >= 0.6 is 11.3 Å². The molecule has 3 aliphatic rings. The second kappa shape index (κ2) is 7.48. The minimum absolute atomic E-state index is 0.837. The van der Waals surface area contributed by atoms with Crippen LogP contribution in [0.5, 0.6) is 0 Å². The van der Waals surface area contributed by atoms with Crippen LogP contribution in [0.25, 0.3) is 0 Å². The molecule has 26 heavy (non-hydrogen) atoms. The van der Waals surface area contributed by atoms with Crippen molar-refractivity contribution in [2.45, 2.75) is 63.2 Å². The maximum Gasteiger partial charge on any atom is 0.00800 e. The lowest BCUT2D eigenvalue weighted by atomic mass is 9.80. The van der Waals surface area contributed by atoms with Crippen LogP contribution in [-0.4, -0.2) is 24.5 Å². The zero-order chi connectivity index (χ0) is 17.3. The average molecular weight is 366 g/mol. The Hall–Kier alpha value is -1.12. The first-order valence-electron chi connectivity index (χ1n) is 10.7. The fraction of sp³-hybridized carbons (Fsp3) is 0.583. The van der Waals surface area contributed by atoms with Crippen LogP contribution in [0.4, 0.5) is 0 Å². The highest BCUT2D eigenvalue weighted by atomic mass is 32.1. The molecule has 2 atom stereocenters. The monoisotopic (exact) mass is 365 g/mol. The summed E-state index contributed by atoms with van der Waals surface area (Å²) < 4.78 is 0. The highest BCUT2D eigenvalue weighted by molar-refractivity contribution is 7.10. The number of piperidine rings is 1. The van der Waals surface area contributed by atoms with Gasteiger partial charge in [0.15, 0.2) is 0 Å². The molecule has 1 aromatic carbocycles. The molecule has 2 unspecified atom stereocenters. The molecule has 1 nitrogen and oxygen atoms in total. The Morgan fingerprint density at radius 3 is 2.73 bits per heavy atom. The van der Waals surface area contributed by atoms with Gasteiger partial charge in [0.1, 0.15) is 0 Å². The molecule has 138 valence electrons. The minimum Gasteiger partial charge on any atom is -0.303 e. The van der Waals surface area contributed by atoms with E-state index in [0.717, 1.165) is 17.8 Å². The first kappa shape index (κ1) is 17.0. The second-order valence-electron chi connectivity index (χ2n) is 8.70. The molecule has 1 aliphatic heterocycles. The van der Waals surface area contributed by atoms with Crippen LogP contribution in [0.15, 0.2) is 35.7 Å². The molecule has 0 radical (unpaired) electrons. The standard InChI is InChI=1S/C24H31NS/c1-2-6-21-18(4-1)8-9-22(21)20-11-15-25(16-12-20)14-10-19-5-3-7-24-23(19)13-17-26-24/h1-2,4,6,13,17,19-20,22H,3,5,7-12,14-16H2. The Balaban J connectivity index is 1.14. The molecule has 0 N–H and O–H groups in total. The zero-order valence-corrected chi connectivity index (χ0v) is 16.6. The lowest BCUT2D eigenvalue weighted by Crippen LogP contribution is -2.36. The topological polar surface area (TPSA) is 3.24 Å². The van der Waals surface area contributed by atoms with Crippen LogP contribution in [-0.2, 0) is 12.8 Å². The smallest absolute Gasteiger partial charge is 0.00800 e. The van der Waals surface area contributed by atoms with Crippen molar-refractivity contribution < 1.29 is 0 Å². The van der Waals surface area contributed by atoms with E-state index in [0.29, 0.717) is 0 Å². The average Bonchev–Trinajstić information content (AvgIpc) is 3.34. The minimum atomic E-state index is 0.837. The Kier molecular flexibility index (Phi) is 4.89. The van der Waals surface area contributed by atoms with Gasteiger partial charge in [0.25, 0.3) is 0 Å². The summed E-state index contributed by atoms with van der Waals surface area (Å²) in [6.07, 6.45) is 11.1. The van der Waals surface area contributed by atoms with Crippen molar-refractivity contribution in [2.75, 3.05) is 19.6 Å². The molecule has 0 amide bonds. The molecule has 1 aromatic heterocycles. The maximum atomic E-state index is 2.76. The summed E-state index contributed by atoms with van der Waals surface area (Å²) in [5, 5.41) is 2.31. The van der Waals surface area contributed by atoms with Crippen molar-refractivity contribution in [3.05, 3.63) is 57.3 Å². The fourth-order valence-corrected chi connectivity index (χ4v) is 6.89. The molecule has 5 rings (SSSR count). The van der Waals surface area contributed by atoms with Gasteiger partial charge in [0.2, 0.25) is 0 Å². The number of hydrogen-bond donors (Lipinski definition) is 0. The summed E-state index contributed by atoms with van der Waals surface area (Å²) in [5.41, 5.74) is 5.00. The number of thiophene rings is 1. The van der Waals surface area contributed by atoms with Crippen LogP contribution in [0.2, 0.25) is 0 Å². The van der Waals surface area contributed by atoms with E-state index in [4.69, 9.17) is 0 Å². The summed E-state index contributed by atoms with van der Waals surface area (Å²) in [4.78, 5) is 4.44. The Labute approximate surface area is 162 Å². The molecule has 2 aliphatic carbocycles. The molecule has 0 spiro atoms. The third-order valence-corrected chi connectivity index (χ3v) is 8.35. The molecule has 2 heterocycles. The van der Waals surface area contributed by atoms with Crippen molar-refractivity contribution in [1.29, 1.82) is 0 Å². The lowest BCUT2D eigenvalue weighted by Gasteiger charge is -2.36. The van der Waals surface area contributed by atoms with E-state index in [1.54, 1.807) is 21.6 Å². The summed E-state index contributed by atoms with van der Waals surface area (Å²) >= 11 is 1.99. The zero-order valence-electron chi connectivity index (χ0n) is 15.8. The predicted octanol–water partition coefficient (Wildman–Crippen LogP) is 6.00. The van der Waals surface area contributed by atoms with Gasteiger partial charge in [-0.05, 0) is 117 Å². The van der Waals surface area contributed by atoms with Crippen molar-refractivity contribution in [1.82, 2.24) is 4.90 Å². The van der Waals surface area contributed by atoms with Gasteiger partial charge in [0.05, 0.1) is 0 Å². The van der Waals surface area contributed by atoms with Crippen LogP contribution in [0.1, 0.15) is 71.9 Å². The van der Waals surface area contributed by atoms with Gasteiger partial charge in [-0.15, -0.1) is 11.3 Å². The number of rotatable bonds is 4. The number of fused-ring (bicyclic) bond motifs is 2. The molecular formula is C24H31NS. The SMILES string of the molecule is c1ccc2c(c1)CCC2C1CCN(CCC2CCCc3sccc32)CC1. The molecule has 2 aromatic rings. The number of hydrogen-bond acceptors (Lipinski definition) is 2. The van der Waals surface area contributed by atoms with E-state index in [9.17, 15) is 0 Å². The van der Waals surface area contributed by atoms with Gasteiger partial charge in [-0.2, -0.15) is 0 Å². The Morgan fingerprint density at radius 1 is 0.923 bits per heavy atom. The van der Waals surface area contributed by atoms with Gasteiger partial charge in [-0.1, -0.05) is 24.3 Å². The van der Waals surface area contributed by atoms with E-state index in [2.05, 4.69) is 40.6 Å². The summed E-state index contributed by atoms with van der Waals surface area (Å²) in [6.45, 7) is 3.97. The fourth-order valence-electron chi connectivity index (χ4n) is 5.88. The molecule has 2 heteroatoms. The van der Waals surface area contributed by atoms with Crippen molar-refractivity contribution in [2.24, 2.45) is 5.92 Å². The van der Waals surface area contributed by atoms with Crippen LogP contribution in [0.3, 0.4) is 0 Å². The van der Waals surface area contributed by atoms with E-state index in [1.807, 2.05) is 11.3 Å². The molecule has 1 saturated heterocycles. The van der Waals surface area contributed by atoms with Gasteiger partial charge in [-0.25, -0.2) is 0 Å². The van der Waals surface area contributed by atoms with E-state index >= 15 is 0 Å². The van der Waals surface area contributed by atoms with Crippen molar-refractivity contribution in [3.8, 4) is 0 Å². The number of aryl methyl sites for hydroxylation is 2. The lowest BCUT2D eigenvalue weighted by molar-refractivity contribution is 0.162. The molecule has 0 saturated carbocycles. The van der Waals surface area contributed by atoms with Crippen molar-refractivity contribution in [3.63, 3.8) is 0 Å². The second-order valence-corrected chi connectivity index (χ2v) is 9.70. The summed E-state index contributed by atoms with van der Waals surface area (Å²) in [6, 6.07) is 11.6. The van der Waals surface area contributed by atoms with Gasteiger partial charge < -0.3 is 4.90 Å². The third kappa shape index (κ3) is 3.27. The Morgan fingerprint density at radius 2 is 1.81 bits per heavy atom. The summed E-state index contributed by atoms with van der Waals surface area (Å²) in [7, 11) is 0. The number of likely N-dealkylation sites (tertiary alicyclic amines) is 1. The highest BCUT2D eigenvalue weighted by Gasteiger charge is 2.32. The maximum absolute atomic E-state index is 2.76. The van der Waals surface area contributed by atoms with Gasteiger partial charge >= 0.3 is 0 Å². The quantitative estimate of drug-likeness (QED) is 0.642. The normalized spacial score (nSPS) is 26.6. The third-order valence-electron chi connectivity index (χ3n) is 7.35. The molecular weight excluding hydrogens is 334 g/mol.